The van der Waals surface area contributed by atoms with Gasteiger partial charge in [0.05, 0.1) is 11.8 Å². The minimum Gasteiger partial charge on any atom is -0.392 e. The summed E-state index contributed by atoms with van der Waals surface area (Å²) in [6, 6.07) is 1.90. The number of rotatable bonds is 4. The van der Waals surface area contributed by atoms with Crippen molar-refractivity contribution in [3.05, 3.63) is 22.3 Å². The standard InChI is InChI=1S/C14H19NO2/c1-2-3-4-14(17)13-9-10-5-6-11(16)7-8-12(10)15-13/h5,8-9,11,15-16H,2-4,6-7H2,1H3/t11-/m1/s1. The van der Waals surface area contributed by atoms with Crippen LogP contribution in [0.15, 0.2) is 6.07 Å². The van der Waals surface area contributed by atoms with Gasteiger partial charge in [0, 0.05) is 11.8 Å². The van der Waals surface area contributed by atoms with Gasteiger partial charge in [-0.1, -0.05) is 25.5 Å². The van der Waals surface area contributed by atoms with Gasteiger partial charge in [-0.05, 0) is 30.5 Å². The molecule has 0 amide bonds. The maximum Gasteiger partial charge on any atom is 0.179 e. The largest absolute Gasteiger partial charge is 0.392 e. The number of carbonyl (C=O) groups is 1. The first-order valence-corrected chi connectivity index (χ1v) is 6.31. The van der Waals surface area contributed by atoms with Crippen LogP contribution in [0.5, 0.6) is 0 Å². The van der Waals surface area contributed by atoms with Crippen LogP contribution in [0, 0.1) is 0 Å². The molecule has 1 aromatic heterocycles. The van der Waals surface area contributed by atoms with Gasteiger partial charge in [0.2, 0.25) is 0 Å². The number of ketones is 1. The molecule has 1 atom stereocenters. The molecule has 92 valence electrons. The normalized spacial score (nSPS) is 18.8. The second kappa shape index (κ2) is 5.32. The molecule has 0 saturated carbocycles. The average Bonchev–Trinajstić information content (AvgIpc) is 2.66. The molecule has 0 spiro atoms. The first kappa shape index (κ1) is 12.1. The van der Waals surface area contributed by atoms with Crippen LogP contribution in [-0.4, -0.2) is 22.0 Å². The minimum atomic E-state index is -0.296. The van der Waals surface area contributed by atoms with Gasteiger partial charge < -0.3 is 10.1 Å². The van der Waals surface area contributed by atoms with Crippen molar-refractivity contribution in [2.24, 2.45) is 0 Å². The number of carbonyl (C=O) groups excluding carboxylic acids is 1. The summed E-state index contributed by atoms with van der Waals surface area (Å²) in [7, 11) is 0. The maximum absolute atomic E-state index is 11.9. The zero-order chi connectivity index (χ0) is 12.3. The third-order valence-corrected chi connectivity index (χ3v) is 3.14. The van der Waals surface area contributed by atoms with E-state index >= 15 is 0 Å². The lowest BCUT2D eigenvalue weighted by Gasteiger charge is -2.00. The van der Waals surface area contributed by atoms with E-state index in [1.807, 2.05) is 18.2 Å². The van der Waals surface area contributed by atoms with E-state index in [4.69, 9.17) is 0 Å². The van der Waals surface area contributed by atoms with Crippen LogP contribution in [-0.2, 0) is 0 Å². The molecule has 0 unspecified atom stereocenters. The van der Waals surface area contributed by atoms with Crippen molar-refractivity contribution in [2.45, 2.75) is 45.1 Å². The summed E-state index contributed by atoms with van der Waals surface area (Å²) in [4.78, 5) is 15.0. The topological polar surface area (TPSA) is 53.1 Å². The van der Waals surface area contributed by atoms with Crippen molar-refractivity contribution < 1.29 is 9.90 Å². The molecule has 0 aromatic carbocycles. The Morgan fingerprint density at radius 2 is 2.24 bits per heavy atom. The van der Waals surface area contributed by atoms with Crippen molar-refractivity contribution >= 4 is 17.9 Å². The molecule has 1 aliphatic carbocycles. The highest BCUT2D eigenvalue weighted by Crippen LogP contribution is 2.04. The van der Waals surface area contributed by atoms with E-state index in [0.717, 1.165) is 23.4 Å². The molecule has 0 radical (unpaired) electrons. The molecule has 1 aliphatic rings. The SMILES string of the molecule is CCCCC(=O)c1cc2c([nH]1)=CC[C@H](O)CC=2. The van der Waals surface area contributed by atoms with Crippen LogP contribution in [0.4, 0.5) is 0 Å². The van der Waals surface area contributed by atoms with E-state index in [1.165, 1.54) is 0 Å². The summed E-state index contributed by atoms with van der Waals surface area (Å²) in [5.41, 5.74) is 0.701. The van der Waals surface area contributed by atoms with Gasteiger partial charge in [0.1, 0.15) is 0 Å². The predicted molar refractivity (Wildman–Crippen MR) is 68.1 cm³/mol. The third-order valence-electron chi connectivity index (χ3n) is 3.14. The molecule has 0 aliphatic heterocycles. The molecular weight excluding hydrogens is 214 g/mol. The average molecular weight is 233 g/mol. The number of aromatic amines is 1. The maximum atomic E-state index is 11.9. The Morgan fingerprint density at radius 1 is 1.47 bits per heavy atom. The highest BCUT2D eigenvalue weighted by Gasteiger charge is 2.09. The number of hydrogen-bond acceptors (Lipinski definition) is 2. The number of hydrogen-bond donors (Lipinski definition) is 2. The highest BCUT2D eigenvalue weighted by atomic mass is 16.3. The Kier molecular flexibility index (Phi) is 3.79. The minimum absolute atomic E-state index is 0.183. The molecule has 2 rings (SSSR count). The number of aliphatic hydroxyl groups is 1. The molecule has 1 aromatic rings. The number of aliphatic hydroxyl groups excluding tert-OH is 1. The van der Waals surface area contributed by atoms with Crippen molar-refractivity contribution in [2.75, 3.05) is 0 Å². The fourth-order valence-corrected chi connectivity index (χ4v) is 2.06. The Bertz CT molecular complexity index is 477. The first-order chi connectivity index (χ1) is 8.20. The van der Waals surface area contributed by atoms with E-state index in [-0.39, 0.29) is 11.9 Å². The molecule has 3 nitrogen and oxygen atoms in total. The predicted octanol–water partition coefficient (Wildman–Crippen LogP) is 1.10. The van der Waals surface area contributed by atoms with Crippen molar-refractivity contribution in [3.8, 4) is 0 Å². The number of nitrogens with one attached hydrogen (secondary N) is 1. The van der Waals surface area contributed by atoms with Crippen molar-refractivity contribution in [3.63, 3.8) is 0 Å². The molecule has 0 fully saturated rings. The van der Waals surface area contributed by atoms with Gasteiger partial charge in [0.15, 0.2) is 5.78 Å². The molecule has 0 bridgehead atoms. The van der Waals surface area contributed by atoms with E-state index in [1.54, 1.807) is 0 Å². The number of fused-ring (bicyclic) bond motifs is 1. The van der Waals surface area contributed by atoms with E-state index < -0.39 is 0 Å². The van der Waals surface area contributed by atoms with Gasteiger partial charge in [-0.15, -0.1) is 0 Å². The molecule has 1 heterocycles. The van der Waals surface area contributed by atoms with Gasteiger partial charge in [-0.3, -0.25) is 4.79 Å². The monoisotopic (exact) mass is 233 g/mol. The van der Waals surface area contributed by atoms with Crippen LogP contribution in [0.1, 0.15) is 49.5 Å². The number of unbranched alkanes of at least 4 members (excludes halogenated alkanes) is 1. The smallest absolute Gasteiger partial charge is 0.179 e. The Morgan fingerprint density at radius 3 is 3.00 bits per heavy atom. The lowest BCUT2D eigenvalue weighted by Crippen LogP contribution is -2.20. The summed E-state index contributed by atoms with van der Waals surface area (Å²) in [6.45, 7) is 2.08. The molecular formula is C14H19NO2. The fourth-order valence-electron chi connectivity index (χ4n) is 2.06. The molecule has 17 heavy (non-hydrogen) atoms. The number of H-pyrrole nitrogens is 1. The van der Waals surface area contributed by atoms with E-state index in [2.05, 4.69) is 11.9 Å². The van der Waals surface area contributed by atoms with Gasteiger partial charge in [-0.25, -0.2) is 0 Å². The highest BCUT2D eigenvalue weighted by molar-refractivity contribution is 5.94. The Labute approximate surface area is 101 Å². The zero-order valence-electron chi connectivity index (χ0n) is 10.2. The van der Waals surface area contributed by atoms with Crippen LogP contribution in [0.3, 0.4) is 0 Å². The Balaban J connectivity index is 2.25. The van der Waals surface area contributed by atoms with Crippen LogP contribution < -0.4 is 10.6 Å². The number of Topliss-reactive ketones (excluding diaryl/α,β-unsaturated/α-hetero) is 1. The summed E-state index contributed by atoms with van der Waals surface area (Å²) < 4.78 is 0. The quantitative estimate of drug-likeness (QED) is 0.765. The van der Waals surface area contributed by atoms with Crippen LogP contribution in [0.2, 0.25) is 0 Å². The number of aromatic nitrogens is 1. The first-order valence-electron chi connectivity index (χ1n) is 6.31. The van der Waals surface area contributed by atoms with Crippen LogP contribution >= 0.6 is 0 Å². The zero-order valence-corrected chi connectivity index (χ0v) is 10.2. The molecule has 3 heteroatoms. The van der Waals surface area contributed by atoms with Gasteiger partial charge in [0.25, 0.3) is 0 Å². The second-order valence-corrected chi connectivity index (χ2v) is 4.61. The fraction of sp³-hybridized carbons (Fsp3) is 0.500. The third kappa shape index (κ3) is 2.86. The summed E-state index contributed by atoms with van der Waals surface area (Å²) >= 11 is 0. The van der Waals surface area contributed by atoms with Crippen LogP contribution in [0.25, 0.3) is 12.2 Å². The summed E-state index contributed by atoms with van der Waals surface area (Å²) in [5, 5.41) is 11.5. The van der Waals surface area contributed by atoms with E-state index in [0.29, 0.717) is 25.0 Å². The second-order valence-electron chi connectivity index (χ2n) is 4.61. The lowest BCUT2D eigenvalue weighted by molar-refractivity contribution is 0.0975. The lowest BCUT2D eigenvalue weighted by atomic mass is 10.1. The van der Waals surface area contributed by atoms with E-state index in [9.17, 15) is 9.90 Å². The summed E-state index contributed by atoms with van der Waals surface area (Å²) in [6.07, 6.45) is 7.56. The summed E-state index contributed by atoms with van der Waals surface area (Å²) in [5.74, 6) is 0.183. The molecule has 0 saturated heterocycles. The molecule has 2 N–H and O–H groups in total. The van der Waals surface area contributed by atoms with Gasteiger partial charge >= 0.3 is 0 Å². The van der Waals surface area contributed by atoms with Gasteiger partial charge in [-0.2, -0.15) is 0 Å². The Hall–Kier alpha value is -1.35. The van der Waals surface area contributed by atoms with Crippen molar-refractivity contribution in [1.82, 2.24) is 4.98 Å². The van der Waals surface area contributed by atoms with Crippen molar-refractivity contribution in [1.29, 1.82) is 0 Å².